The van der Waals surface area contributed by atoms with Gasteiger partial charge >= 0.3 is 0 Å². The second-order valence-corrected chi connectivity index (χ2v) is 5.97. The standard InChI is InChI=1S/C20H18ClN3O3/c1-26-17-6-4-3-5-15(17)20(25)24-14-8-10-19(22-12-14)23-13-7-9-18(27-2)16(21)11-13/h3-12H,1-2H3,(H,22,23)(H,24,25). The Morgan fingerprint density at radius 1 is 0.963 bits per heavy atom. The lowest BCUT2D eigenvalue weighted by atomic mass is 10.2. The van der Waals surface area contributed by atoms with Gasteiger partial charge in [0.15, 0.2) is 0 Å². The number of halogens is 1. The molecule has 1 aromatic heterocycles. The van der Waals surface area contributed by atoms with Crippen LogP contribution in [0.2, 0.25) is 5.02 Å². The Balaban J connectivity index is 1.68. The zero-order valence-corrected chi connectivity index (χ0v) is 15.6. The van der Waals surface area contributed by atoms with Crippen molar-refractivity contribution in [1.29, 1.82) is 0 Å². The van der Waals surface area contributed by atoms with Crippen LogP contribution in [0.15, 0.2) is 60.8 Å². The summed E-state index contributed by atoms with van der Waals surface area (Å²) in [6.45, 7) is 0. The monoisotopic (exact) mass is 383 g/mol. The molecule has 0 saturated heterocycles. The molecule has 0 atom stereocenters. The van der Waals surface area contributed by atoms with Gasteiger partial charge in [0, 0.05) is 5.69 Å². The Morgan fingerprint density at radius 3 is 2.37 bits per heavy atom. The molecular formula is C20H18ClN3O3. The molecule has 3 rings (SSSR count). The van der Waals surface area contributed by atoms with Crippen molar-refractivity contribution in [1.82, 2.24) is 4.98 Å². The van der Waals surface area contributed by atoms with Gasteiger partial charge in [-0.05, 0) is 42.5 Å². The van der Waals surface area contributed by atoms with Gasteiger partial charge in [0.1, 0.15) is 17.3 Å². The minimum Gasteiger partial charge on any atom is -0.496 e. The Kier molecular flexibility index (Phi) is 5.78. The highest BCUT2D eigenvalue weighted by Crippen LogP contribution is 2.28. The predicted octanol–water partition coefficient (Wildman–Crippen LogP) is 4.75. The predicted molar refractivity (Wildman–Crippen MR) is 106 cm³/mol. The number of carbonyl (C=O) groups excluding carboxylic acids is 1. The first kappa shape index (κ1) is 18.5. The molecule has 0 bridgehead atoms. The molecule has 0 radical (unpaired) electrons. The van der Waals surface area contributed by atoms with Crippen molar-refractivity contribution in [3.63, 3.8) is 0 Å². The summed E-state index contributed by atoms with van der Waals surface area (Å²) in [6, 6.07) is 15.9. The normalized spacial score (nSPS) is 10.2. The van der Waals surface area contributed by atoms with Crippen LogP contribution in [-0.2, 0) is 0 Å². The number of hydrogen-bond acceptors (Lipinski definition) is 5. The number of ether oxygens (including phenoxy) is 2. The molecule has 0 aliphatic carbocycles. The van der Waals surface area contributed by atoms with Crippen molar-refractivity contribution in [2.45, 2.75) is 0 Å². The van der Waals surface area contributed by atoms with Crippen LogP contribution in [0.3, 0.4) is 0 Å². The number of anilines is 3. The maximum absolute atomic E-state index is 12.4. The molecule has 0 spiro atoms. The number of nitrogens with zero attached hydrogens (tertiary/aromatic N) is 1. The number of rotatable bonds is 6. The van der Waals surface area contributed by atoms with Crippen molar-refractivity contribution in [3.8, 4) is 11.5 Å². The number of amides is 1. The smallest absolute Gasteiger partial charge is 0.259 e. The first-order chi connectivity index (χ1) is 13.1. The molecule has 2 N–H and O–H groups in total. The number of methoxy groups -OCH3 is 2. The third-order valence-corrected chi connectivity index (χ3v) is 4.09. The molecule has 0 unspecified atom stereocenters. The van der Waals surface area contributed by atoms with E-state index in [9.17, 15) is 4.79 Å². The maximum Gasteiger partial charge on any atom is 0.259 e. The molecule has 6 nitrogen and oxygen atoms in total. The molecule has 27 heavy (non-hydrogen) atoms. The molecule has 2 aromatic carbocycles. The van der Waals surface area contributed by atoms with Gasteiger partial charge in [-0.3, -0.25) is 4.79 Å². The summed E-state index contributed by atoms with van der Waals surface area (Å²) < 4.78 is 10.3. The fourth-order valence-corrected chi connectivity index (χ4v) is 2.72. The van der Waals surface area contributed by atoms with Crippen molar-refractivity contribution < 1.29 is 14.3 Å². The second-order valence-electron chi connectivity index (χ2n) is 5.56. The van der Waals surface area contributed by atoms with Crippen molar-refractivity contribution in [2.75, 3.05) is 24.9 Å². The molecule has 3 aromatic rings. The van der Waals surface area contributed by atoms with Gasteiger partial charge in [-0.1, -0.05) is 23.7 Å². The van der Waals surface area contributed by atoms with Crippen molar-refractivity contribution >= 4 is 34.7 Å². The van der Waals surface area contributed by atoms with Crippen LogP contribution in [-0.4, -0.2) is 25.1 Å². The van der Waals surface area contributed by atoms with Gasteiger partial charge in [-0.15, -0.1) is 0 Å². The summed E-state index contributed by atoms with van der Waals surface area (Å²) in [4.78, 5) is 16.7. The molecule has 1 heterocycles. The fourth-order valence-electron chi connectivity index (χ4n) is 2.46. The molecule has 0 aliphatic rings. The number of para-hydroxylation sites is 1. The minimum absolute atomic E-state index is 0.267. The average Bonchev–Trinajstić information content (AvgIpc) is 2.69. The molecule has 138 valence electrons. The van der Waals surface area contributed by atoms with Crippen molar-refractivity contribution in [3.05, 3.63) is 71.4 Å². The van der Waals surface area contributed by atoms with Crippen LogP contribution < -0.4 is 20.1 Å². The SMILES string of the molecule is COc1ccc(Nc2ccc(NC(=O)c3ccccc3OC)cn2)cc1Cl. The number of hydrogen-bond donors (Lipinski definition) is 2. The average molecular weight is 384 g/mol. The van der Waals surface area contributed by atoms with Gasteiger partial charge < -0.3 is 20.1 Å². The number of nitrogens with one attached hydrogen (secondary N) is 2. The Morgan fingerprint density at radius 2 is 1.70 bits per heavy atom. The largest absolute Gasteiger partial charge is 0.496 e. The Hall–Kier alpha value is -3.25. The molecule has 0 aliphatic heterocycles. The van der Waals surface area contributed by atoms with E-state index < -0.39 is 0 Å². The van der Waals surface area contributed by atoms with Crippen LogP contribution in [0.4, 0.5) is 17.2 Å². The van der Waals surface area contributed by atoms with Gasteiger partial charge in [0.05, 0.1) is 36.7 Å². The highest BCUT2D eigenvalue weighted by atomic mass is 35.5. The molecule has 7 heteroatoms. The Labute approximate surface area is 162 Å². The lowest BCUT2D eigenvalue weighted by Crippen LogP contribution is -2.13. The van der Waals surface area contributed by atoms with E-state index >= 15 is 0 Å². The topological polar surface area (TPSA) is 72.5 Å². The Bertz CT molecular complexity index is 945. The van der Waals surface area contributed by atoms with E-state index in [4.69, 9.17) is 21.1 Å². The zero-order valence-electron chi connectivity index (χ0n) is 14.8. The lowest BCUT2D eigenvalue weighted by Gasteiger charge is -2.10. The molecule has 0 fully saturated rings. The number of aromatic nitrogens is 1. The highest BCUT2D eigenvalue weighted by Gasteiger charge is 2.11. The second kappa shape index (κ2) is 8.42. The summed E-state index contributed by atoms with van der Waals surface area (Å²) >= 11 is 6.12. The van der Waals surface area contributed by atoms with Crippen LogP contribution in [0.5, 0.6) is 11.5 Å². The van der Waals surface area contributed by atoms with E-state index in [0.717, 1.165) is 5.69 Å². The third kappa shape index (κ3) is 4.48. The van der Waals surface area contributed by atoms with Crippen molar-refractivity contribution in [2.24, 2.45) is 0 Å². The molecule has 0 saturated carbocycles. The van der Waals surface area contributed by atoms with Gasteiger partial charge in [0.2, 0.25) is 0 Å². The van der Waals surface area contributed by atoms with Crippen LogP contribution in [0.1, 0.15) is 10.4 Å². The first-order valence-electron chi connectivity index (χ1n) is 8.11. The number of pyridine rings is 1. The lowest BCUT2D eigenvalue weighted by molar-refractivity contribution is 0.102. The zero-order chi connectivity index (χ0) is 19.2. The van der Waals surface area contributed by atoms with Crippen LogP contribution in [0.25, 0.3) is 0 Å². The minimum atomic E-state index is -0.267. The van der Waals surface area contributed by atoms with Crippen LogP contribution >= 0.6 is 11.6 Å². The fraction of sp³-hybridized carbons (Fsp3) is 0.100. The van der Waals surface area contributed by atoms with Gasteiger partial charge in [-0.25, -0.2) is 4.98 Å². The van der Waals surface area contributed by atoms with E-state index in [1.54, 1.807) is 55.8 Å². The van der Waals surface area contributed by atoms with Gasteiger partial charge in [-0.2, -0.15) is 0 Å². The summed E-state index contributed by atoms with van der Waals surface area (Å²) in [7, 11) is 3.09. The molecule has 1 amide bonds. The maximum atomic E-state index is 12.4. The van der Waals surface area contributed by atoms with E-state index in [1.165, 1.54) is 7.11 Å². The third-order valence-electron chi connectivity index (χ3n) is 3.80. The summed E-state index contributed by atoms with van der Waals surface area (Å²) in [6.07, 6.45) is 1.57. The number of carbonyl (C=O) groups is 1. The van der Waals surface area contributed by atoms with Gasteiger partial charge in [0.25, 0.3) is 5.91 Å². The summed E-state index contributed by atoms with van der Waals surface area (Å²) in [5.74, 6) is 1.46. The van der Waals surface area contributed by atoms with E-state index in [0.29, 0.717) is 33.6 Å². The quantitative estimate of drug-likeness (QED) is 0.642. The molecular weight excluding hydrogens is 366 g/mol. The highest BCUT2D eigenvalue weighted by molar-refractivity contribution is 6.32. The van der Waals surface area contributed by atoms with E-state index in [-0.39, 0.29) is 5.91 Å². The summed E-state index contributed by atoms with van der Waals surface area (Å²) in [5, 5.41) is 6.45. The summed E-state index contributed by atoms with van der Waals surface area (Å²) in [5.41, 5.74) is 1.80. The van der Waals surface area contributed by atoms with E-state index in [2.05, 4.69) is 15.6 Å². The number of benzene rings is 2. The first-order valence-corrected chi connectivity index (χ1v) is 8.49. The van der Waals surface area contributed by atoms with Crippen LogP contribution in [0, 0.1) is 0 Å². The van der Waals surface area contributed by atoms with E-state index in [1.807, 2.05) is 12.1 Å².